The van der Waals surface area contributed by atoms with Crippen molar-refractivity contribution in [2.75, 3.05) is 0 Å². The van der Waals surface area contributed by atoms with E-state index in [2.05, 4.69) is 4.98 Å². The van der Waals surface area contributed by atoms with Gasteiger partial charge in [0.05, 0.1) is 5.56 Å². The lowest BCUT2D eigenvalue weighted by Gasteiger charge is -2.07. The average molecular weight is 347 g/mol. The molecule has 0 spiro atoms. The second-order valence-corrected chi connectivity index (χ2v) is 3.90. The molecule has 15 heavy (non-hydrogen) atoms. The van der Waals surface area contributed by atoms with Gasteiger partial charge in [-0.1, -0.05) is 0 Å². The Labute approximate surface area is 103 Å². The monoisotopic (exact) mass is 347 g/mol. The van der Waals surface area contributed by atoms with Gasteiger partial charge in [-0.25, -0.2) is 18.6 Å². The maximum Gasteiger partial charge on any atom is 0.354 e. The lowest BCUT2D eigenvalue weighted by atomic mass is 10.1. The zero-order chi connectivity index (χ0) is 11.6. The molecule has 0 aromatic carbocycles. The van der Waals surface area contributed by atoms with Gasteiger partial charge in [0.2, 0.25) is 0 Å². The van der Waals surface area contributed by atoms with E-state index in [1.165, 1.54) is 0 Å². The van der Waals surface area contributed by atoms with Crippen molar-refractivity contribution in [2.45, 2.75) is 12.3 Å². The standard InChI is InChI=1S/C8H5ClF2INO2/c9-2-3-1-4(6(10)11)7(12)13-5(3)8(14)15/h1,6H,2H2,(H,14,15). The molecule has 0 bridgehead atoms. The summed E-state index contributed by atoms with van der Waals surface area (Å²) in [6.07, 6.45) is -2.69. The Hall–Kier alpha value is -0.500. The molecule has 0 saturated carbocycles. The van der Waals surface area contributed by atoms with E-state index >= 15 is 0 Å². The van der Waals surface area contributed by atoms with E-state index in [-0.39, 0.29) is 26.4 Å². The molecule has 0 amide bonds. The minimum Gasteiger partial charge on any atom is -0.477 e. The second-order valence-electron chi connectivity index (χ2n) is 2.62. The predicted octanol–water partition coefficient (Wildman–Crippen LogP) is 3.06. The highest BCUT2D eigenvalue weighted by Crippen LogP contribution is 2.26. The molecule has 0 atom stereocenters. The second kappa shape index (κ2) is 5.02. The lowest BCUT2D eigenvalue weighted by molar-refractivity contribution is 0.0688. The summed E-state index contributed by atoms with van der Waals surface area (Å²) in [6.45, 7) is 0. The molecule has 0 aliphatic heterocycles. The van der Waals surface area contributed by atoms with E-state index in [9.17, 15) is 13.6 Å². The average Bonchev–Trinajstić information content (AvgIpc) is 2.16. The zero-order valence-electron chi connectivity index (χ0n) is 7.18. The zero-order valence-corrected chi connectivity index (χ0v) is 10.1. The number of nitrogens with zero attached hydrogens (tertiary/aromatic N) is 1. The topological polar surface area (TPSA) is 50.2 Å². The number of pyridine rings is 1. The molecule has 0 aliphatic rings. The number of carboxylic acid groups (broad SMARTS) is 1. The van der Waals surface area contributed by atoms with Gasteiger partial charge in [-0.15, -0.1) is 11.6 Å². The number of aromatic nitrogens is 1. The molecule has 82 valence electrons. The van der Waals surface area contributed by atoms with Crippen molar-refractivity contribution in [1.82, 2.24) is 4.98 Å². The quantitative estimate of drug-likeness (QED) is 0.519. The van der Waals surface area contributed by atoms with E-state index < -0.39 is 12.4 Å². The molecule has 1 N–H and O–H groups in total. The van der Waals surface area contributed by atoms with E-state index in [0.29, 0.717) is 0 Å². The summed E-state index contributed by atoms with van der Waals surface area (Å²) in [5.74, 6) is -1.44. The molecule has 0 saturated heterocycles. The van der Waals surface area contributed by atoms with Gasteiger partial charge >= 0.3 is 5.97 Å². The van der Waals surface area contributed by atoms with Crippen molar-refractivity contribution in [3.8, 4) is 0 Å². The van der Waals surface area contributed by atoms with Crippen LogP contribution < -0.4 is 0 Å². The Morgan fingerprint density at radius 3 is 2.67 bits per heavy atom. The van der Waals surface area contributed by atoms with Gasteiger partial charge in [0.1, 0.15) is 3.70 Å². The van der Waals surface area contributed by atoms with Crippen molar-refractivity contribution in [3.05, 3.63) is 26.6 Å². The highest BCUT2D eigenvalue weighted by atomic mass is 127. The number of hydrogen-bond donors (Lipinski definition) is 1. The molecule has 0 fully saturated rings. The van der Waals surface area contributed by atoms with E-state index in [4.69, 9.17) is 16.7 Å². The third-order valence-corrected chi connectivity index (χ3v) is 2.82. The summed E-state index contributed by atoms with van der Waals surface area (Å²) < 4.78 is 24.9. The number of rotatable bonds is 3. The SMILES string of the molecule is O=C(O)c1nc(I)c(C(F)F)cc1CCl. The normalized spacial score (nSPS) is 10.7. The van der Waals surface area contributed by atoms with E-state index in [1.54, 1.807) is 22.6 Å². The van der Waals surface area contributed by atoms with Gasteiger partial charge in [0.15, 0.2) is 5.69 Å². The van der Waals surface area contributed by atoms with Crippen molar-refractivity contribution < 1.29 is 18.7 Å². The van der Waals surface area contributed by atoms with Gasteiger partial charge in [0, 0.05) is 11.4 Å². The third kappa shape index (κ3) is 2.75. The molecule has 0 aliphatic carbocycles. The Morgan fingerprint density at radius 1 is 1.67 bits per heavy atom. The van der Waals surface area contributed by atoms with Gasteiger partial charge in [-0.3, -0.25) is 0 Å². The number of alkyl halides is 3. The highest BCUT2D eigenvalue weighted by molar-refractivity contribution is 14.1. The first-order chi connectivity index (χ1) is 6.97. The maximum absolute atomic E-state index is 12.4. The van der Waals surface area contributed by atoms with Crippen LogP contribution >= 0.6 is 34.2 Å². The Kier molecular flexibility index (Phi) is 4.21. The van der Waals surface area contributed by atoms with Crippen LogP contribution in [0.15, 0.2) is 6.07 Å². The molecular weight excluding hydrogens is 342 g/mol. The fraction of sp³-hybridized carbons (Fsp3) is 0.250. The summed E-state index contributed by atoms with van der Waals surface area (Å²) >= 11 is 7.02. The van der Waals surface area contributed by atoms with Gasteiger partial charge < -0.3 is 5.11 Å². The fourth-order valence-corrected chi connectivity index (χ4v) is 1.83. The Morgan fingerprint density at radius 2 is 2.27 bits per heavy atom. The molecule has 3 nitrogen and oxygen atoms in total. The minimum atomic E-state index is -2.69. The van der Waals surface area contributed by atoms with Crippen molar-refractivity contribution >= 4 is 40.2 Å². The molecule has 0 unspecified atom stereocenters. The van der Waals surface area contributed by atoms with Crippen molar-refractivity contribution in [3.63, 3.8) is 0 Å². The number of carbonyl (C=O) groups is 1. The Balaban J connectivity index is 3.35. The molecule has 1 heterocycles. The van der Waals surface area contributed by atoms with Gasteiger partial charge in [0.25, 0.3) is 6.43 Å². The van der Waals surface area contributed by atoms with E-state index in [1.807, 2.05) is 0 Å². The molecular formula is C8H5ClF2INO2. The van der Waals surface area contributed by atoms with Gasteiger partial charge in [-0.2, -0.15) is 0 Å². The first-order valence-corrected chi connectivity index (χ1v) is 5.35. The first kappa shape index (κ1) is 12.6. The van der Waals surface area contributed by atoms with Crippen LogP contribution in [0.3, 0.4) is 0 Å². The van der Waals surface area contributed by atoms with Crippen LogP contribution in [-0.2, 0) is 5.88 Å². The Bertz CT molecular complexity index is 400. The van der Waals surface area contributed by atoms with Crippen LogP contribution in [0.1, 0.15) is 28.0 Å². The molecule has 1 aromatic rings. The maximum atomic E-state index is 12.4. The third-order valence-electron chi connectivity index (χ3n) is 1.66. The molecule has 1 rings (SSSR count). The number of halogens is 4. The summed E-state index contributed by atoms with van der Waals surface area (Å²) in [7, 11) is 0. The van der Waals surface area contributed by atoms with Crippen molar-refractivity contribution in [1.29, 1.82) is 0 Å². The lowest BCUT2D eigenvalue weighted by Crippen LogP contribution is -2.08. The smallest absolute Gasteiger partial charge is 0.354 e. The number of carboxylic acids is 1. The number of aromatic carboxylic acids is 1. The summed E-state index contributed by atoms with van der Waals surface area (Å²) in [5.41, 5.74) is -0.477. The predicted molar refractivity (Wildman–Crippen MR) is 58.4 cm³/mol. The summed E-state index contributed by atoms with van der Waals surface area (Å²) in [4.78, 5) is 14.3. The minimum absolute atomic E-state index is 0.0196. The summed E-state index contributed by atoms with van der Waals surface area (Å²) in [6, 6.07) is 1.08. The van der Waals surface area contributed by atoms with Crippen LogP contribution in [-0.4, -0.2) is 16.1 Å². The molecule has 1 aromatic heterocycles. The van der Waals surface area contributed by atoms with Gasteiger partial charge in [-0.05, 0) is 28.7 Å². The first-order valence-electron chi connectivity index (χ1n) is 3.74. The summed E-state index contributed by atoms with van der Waals surface area (Å²) in [5, 5.41) is 8.74. The molecule has 0 radical (unpaired) electrons. The largest absolute Gasteiger partial charge is 0.477 e. The van der Waals surface area contributed by atoms with Crippen molar-refractivity contribution in [2.24, 2.45) is 0 Å². The highest BCUT2D eigenvalue weighted by Gasteiger charge is 2.19. The van der Waals surface area contributed by atoms with Crippen LogP contribution in [0.5, 0.6) is 0 Å². The fourth-order valence-electron chi connectivity index (χ4n) is 0.990. The van der Waals surface area contributed by atoms with E-state index in [0.717, 1.165) is 6.07 Å². The number of hydrogen-bond acceptors (Lipinski definition) is 2. The van der Waals surface area contributed by atoms with Crippen LogP contribution in [0.25, 0.3) is 0 Å². The molecule has 7 heteroatoms. The van der Waals surface area contributed by atoms with Crippen LogP contribution in [0.2, 0.25) is 0 Å². The van der Waals surface area contributed by atoms with Crippen LogP contribution in [0.4, 0.5) is 8.78 Å². The van der Waals surface area contributed by atoms with Crippen LogP contribution in [0, 0.1) is 3.70 Å².